The minimum atomic E-state index is 0.0491. The monoisotopic (exact) mass is 319 g/mol. The summed E-state index contributed by atoms with van der Waals surface area (Å²) in [5, 5.41) is 3.61. The summed E-state index contributed by atoms with van der Waals surface area (Å²) in [6.07, 6.45) is 9.85. The van der Waals surface area contributed by atoms with Crippen LogP contribution >= 0.6 is 0 Å². The molecule has 5 nitrogen and oxygen atoms in total. The number of nitrogens with one attached hydrogen (secondary N) is 1. The third kappa shape index (κ3) is 3.00. The van der Waals surface area contributed by atoms with Crippen LogP contribution in [0.1, 0.15) is 57.8 Å². The largest absolute Gasteiger partial charge is 0.341 e. The Hall–Kier alpha value is -1.10. The molecular formula is C18H29N3O2. The minimum Gasteiger partial charge on any atom is -0.341 e. The van der Waals surface area contributed by atoms with Crippen LogP contribution in [-0.4, -0.2) is 59.4 Å². The molecule has 3 atom stereocenters. The van der Waals surface area contributed by atoms with E-state index in [9.17, 15) is 9.59 Å². The van der Waals surface area contributed by atoms with Crippen LogP contribution in [0.5, 0.6) is 0 Å². The van der Waals surface area contributed by atoms with Crippen LogP contribution < -0.4 is 5.32 Å². The Labute approximate surface area is 138 Å². The molecule has 1 aliphatic carbocycles. The molecule has 0 bridgehead atoms. The van der Waals surface area contributed by atoms with Crippen LogP contribution in [0.25, 0.3) is 0 Å². The summed E-state index contributed by atoms with van der Waals surface area (Å²) >= 11 is 0. The van der Waals surface area contributed by atoms with Gasteiger partial charge in [0.05, 0.1) is 6.04 Å². The highest BCUT2D eigenvalue weighted by molar-refractivity contribution is 5.82. The average Bonchev–Trinajstić information content (AvgIpc) is 3.20. The van der Waals surface area contributed by atoms with Crippen molar-refractivity contribution in [3.63, 3.8) is 0 Å². The summed E-state index contributed by atoms with van der Waals surface area (Å²) in [6.45, 7) is 2.56. The van der Waals surface area contributed by atoms with Crippen molar-refractivity contribution in [2.75, 3.05) is 19.6 Å². The van der Waals surface area contributed by atoms with Gasteiger partial charge in [-0.15, -0.1) is 0 Å². The van der Waals surface area contributed by atoms with E-state index in [1.165, 1.54) is 25.7 Å². The van der Waals surface area contributed by atoms with Gasteiger partial charge < -0.3 is 15.1 Å². The lowest BCUT2D eigenvalue weighted by Crippen LogP contribution is -2.51. The Balaban J connectivity index is 1.30. The molecule has 5 heteroatoms. The quantitative estimate of drug-likeness (QED) is 0.839. The van der Waals surface area contributed by atoms with Gasteiger partial charge in [-0.3, -0.25) is 9.59 Å². The molecule has 4 aliphatic rings. The molecular weight excluding hydrogens is 290 g/mol. The minimum absolute atomic E-state index is 0.0491. The van der Waals surface area contributed by atoms with E-state index in [0.29, 0.717) is 30.3 Å². The van der Waals surface area contributed by atoms with E-state index >= 15 is 0 Å². The summed E-state index contributed by atoms with van der Waals surface area (Å²) in [5.74, 6) is 1.35. The molecule has 1 N–H and O–H groups in total. The SMILES string of the molecule is O=C([C@@H]1C[C@H]2CCCC[C@H]2N1)N1CCC(N2CCCC2=O)CC1. The maximum absolute atomic E-state index is 12.8. The molecule has 23 heavy (non-hydrogen) atoms. The van der Waals surface area contributed by atoms with Gasteiger partial charge in [-0.05, 0) is 44.4 Å². The number of amides is 2. The normalized spacial score (nSPS) is 35.7. The van der Waals surface area contributed by atoms with Crippen molar-refractivity contribution in [1.82, 2.24) is 15.1 Å². The number of piperidine rings is 1. The summed E-state index contributed by atoms with van der Waals surface area (Å²) < 4.78 is 0. The first kappa shape index (κ1) is 15.4. The fourth-order valence-corrected chi connectivity index (χ4v) is 5.18. The van der Waals surface area contributed by atoms with Crippen LogP contribution in [-0.2, 0) is 9.59 Å². The predicted octanol–water partition coefficient (Wildman–Crippen LogP) is 1.52. The second kappa shape index (κ2) is 6.42. The zero-order valence-corrected chi connectivity index (χ0v) is 14.0. The van der Waals surface area contributed by atoms with Crippen molar-refractivity contribution in [1.29, 1.82) is 0 Å². The van der Waals surface area contributed by atoms with E-state index in [1.807, 2.05) is 4.90 Å². The number of hydrogen-bond acceptors (Lipinski definition) is 3. The Morgan fingerprint density at radius 2 is 1.78 bits per heavy atom. The lowest BCUT2D eigenvalue weighted by molar-refractivity contribution is -0.136. The average molecular weight is 319 g/mol. The van der Waals surface area contributed by atoms with E-state index in [-0.39, 0.29) is 6.04 Å². The first-order chi connectivity index (χ1) is 11.2. The van der Waals surface area contributed by atoms with Gasteiger partial charge in [0.2, 0.25) is 11.8 Å². The Bertz CT molecular complexity index is 459. The lowest BCUT2D eigenvalue weighted by Gasteiger charge is -2.37. The molecule has 4 fully saturated rings. The maximum atomic E-state index is 12.8. The van der Waals surface area contributed by atoms with E-state index in [0.717, 1.165) is 51.2 Å². The molecule has 2 amide bonds. The Morgan fingerprint density at radius 3 is 2.48 bits per heavy atom. The first-order valence-corrected chi connectivity index (χ1v) is 9.56. The first-order valence-electron chi connectivity index (χ1n) is 9.56. The van der Waals surface area contributed by atoms with Gasteiger partial charge >= 0.3 is 0 Å². The van der Waals surface area contributed by atoms with Crippen LogP contribution in [0, 0.1) is 5.92 Å². The van der Waals surface area contributed by atoms with E-state index < -0.39 is 0 Å². The molecule has 0 spiro atoms. The number of hydrogen-bond donors (Lipinski definition) is 1. The molecule has 1 saturated carbocycles. The molecule has 3 aliphatic heterocycles. The maximum Gasteiger partial charge on any atom is 0.239 e. The molecule has 0 aromatic carbocycles. The number of fused-ring (bicyclic) bond motifs is 1. The van der Waals surface area contributed by atoms with Crippen molar-refractivity contribution in [3.8, 4) is 0 Å². The highest BCUT2D eigenvalue weighted by Gasteiger charge is 2.40. The number of nitrogens with zero attached hydrogens (tertiary/aromatic N) is 2. The molecule has 0 aromatic heterocycles. The number of carbonyl (C=O) groups is 2. The van der Waals surface area contributed by atoms with Crippen LogP contribution in [0.2, 0.25) is 0 Å². The van der Waals surface area contributed by atoms with Gasteiger partial charge in [-0.1, -0.05) is 12.8 Å². The smallest absolute Gasteiger partial charge is 0.239 e. The molecule has 0 aromatic rings. The van der Waals surface area contributed by atoms with Crippen molar-refractivity contribution >= 4 is 11.8 Å². The fraction of sp³-hybridized carbons (Fsp3) is 0.889. The predicted molar refractivity (Wildman–Crippen MR) is 87.8 cm³/mol. The van der Waals surface area contributed by atoms with Crippen molar-refractivity contribution in [2.45, 2.75) is 75.9 Å². The highest BCUT2D eigenvalue weighted by atomic mass is 16.2. The third-order valence-electron chi connectivity index (χ3n) is 6.49. The molecule has 128 valence electrons. The second-order valence-corrected chi connectivity index (χ2v) is 7.85. The van der Waals surface area contributed by atoms with E-state index in [4.69, 9.17) is 0 Å². The second-order valence-electron chi connectivity index (χ2n) is 7.85. The number of carbonyl (C=O) groups excluding carboxylic acids is 2. The van der Waals surface area contributed by atoms with Crippen LogP contribution in [0.15, 0.2) is 0 Å². The summed E-state index contributed by atoms with van der Waals surface area (Å²) in [5.41, 5.74) is 0. The van der Waals surface area contributed by atoms with Crippen LogP contribution in [0.3, 0.4) is 0 Å². The number of rotatable bonds is 2. The zero-order valence-electron chi connectivity index (χ0n) is 14.0. The van der Waals surface area contributed by atoms with Gasteiger partial charge in [-0.2, -0.15) is 0 Å². The zero-order chi connectivity index (χ0) is 15.8. The standard InChI is InChI=1S/C18H29N3O2/c22-17-6-3-9-21(17)14-7-10-20(11-8-14)18(23)16-12-13-4-1-2-5-15(13)19-16/h13-16,19H,1-12H2/t13-,15-,16+/m1/s1. The van der Waals surface area contributed by atoms with Crippen molar-refractivity contribution in [3.05, 3.63) is 0 Å². The molecule has 4 rings (SSSR count). The highest BCUT2D eigenvalue weighted by Crippen LogP contribution is 2.34. The third-order valence-corrected chi connectivity index (χ3v) is 6.49. The van der Waals surface area contributed by atoms with Gasteiger partial charge in [0.25, 0.3) is 0 Å². The van der Waals surface area contributed by atoms with Gasteiger partial charge in [-0.25, -0.2) is 0 Å². The Morgan fingerprint density at radius 1 is 1.00 bits per heavy atom. The topological polar surface area (TPSA) is 52.7 Å². The molecule has 3 saturated heterocycles. The molecule has 0 radical (unpaired) electrons. The van der Waals surface area contributed by atoms with Gasteiger partial charge in [0.15, 0.2) is 0 Å². The van der Waals surface area contributed by atoms with E-state index in [1.54, 1.807) is 0 Å². The Kier molecular flexibility index (Phi) is 4.31. The fourth-order valence-electron chi connectivity index (χ4n) is 5.18. The summed E-state index contributed by atoms with van der Waals surface area (Å²) in [6, 6.07) is 0.999. The number of likely N-dealkylation sites (tertiary alicyclic amines) is 2. The van der Waals surface area contributed by atoms with Gasteiger partial charge in [0, 0.05) is 38.1 Å². The van der Waals surface area contributed by atoms with Crippen molar-refractivity contribution < 1.29 is 9.59 Å². The van der Waals surface area contributed by atoms with Gasteiger partial charge in [0.1, 0.15) is 0 Å². The van der Waals surface area contributed by atoms with E-state index in [2.05, 4.69) is 10.2 Å². The van der Waals surface area contributed by atoms with Crippen LogP contribution in [0.4, 0.5) is 0 Å². The summed E-state index contributed by atoms with van der Waals surface area (Å²) in [7, 11) is 0. The lowest BCUT2D eigenvalue weighted by atomic mass is 9.85. The van der Waals surface area contributed by atoms with Crippen molar-refractivity contribution in [2.24, 2.45) is 5.92 Å². The molecule has 3 heterocycles. The molecule has 0 unspecified atom stereocenters. The summed E-state index contributed by atoms with van der Waals surface area (Å²) in [4.78, 5) is 28.8.